The second-order valence-electron chi connectivity index (χ2n) is 9.14. The van der Waals surface area contributed by atoms with E-state index < -0.39 is 28.5 Å². The van der Waals surface area contributed by atoms with Gasteiger partial charge in [-0.2, -0.15) is 0 Å². The first kappa shape index (κ1) is 29.8. The molecule has 0 aromatic heterocycles. The smallest absolute Gasteiger partial charge is 0.244 e. The van der Waals surface area contributed by atoms with Crippen LogP contribution in [0.3, 0.4) is 0 Å². The number of hydrogen-bond acceptors (Lipinski definition) is 4. The van der Waals surface area contributed by atoms with Gasteiger partial charge in [0.05, 0.1) is 17.0 Å². The molecule has 2 amide bonds. The molecule has 2 aromatic carbocycles. The molecule has 1 N–H and O–H groups in total. The van der Waals surface area contributed by atoms with Crippen LogP contribution in [0, 0.1) is 0 Å². The first-order valence-corrected chi connectivity index (χ1v) is 15.2. The SMILES string of the molecule is CC(C(=O)NC1CCCCC1)N(Cc1ccc(Cl)cc1Cl)C(=O)CN(c1ccc(Cl)cc1Cl)S(C)(=O)=O. The zero-order valence-corrected chi connectivity index (χ0v) is 24.4. The monoisotopic (exact) mass is 607 g/mol. The number of sulfonamides is 1. The lowest BCUT2D eigenvalue weighted by molar-refractivity contribution is -0.139. The Morgan fingerprint density at radius 1 is 0.973 bits per heavy atom. The van der Waals surface area contributed by atoms with Crippen LogP contribution < -0.4 is 9.62 Å². The van der Waals surface area contributed by atoms with Crippen LogP contribution >= 0.6 is 46.4 Å². The Balaban J connectivity index is 1.92. The second kappa shape index (κ2) is 12.9. The number of anilines is 1. The number of hydrogen-bond donors (Lipinski definition) is 1. The Labute approximate surface area is 238 Å². The molecule has 202 valence electrons. The van der Waals surface area contributed by atoms with E-state index in [4.69, 9.17) is 46.4 Å². The number of benzene rings is 2. The number of nitrogens with one attached hydrogen (secondary N) is 1. The van der Waals surface area contributed by atoms with Crippen LogP contribution in [0.25, 0.3) is 0 Å². The Morgan fingerprint density at radius 3 is 2.14 bits per heavy atom. The largest absolute Gasteiger partial charge is 0.352 e. The van der Waals surface area contributed by atoms with Crippen molar-refractivity contribution in [3.63, 3.8) is 0 Å². The maximum atomic E-state index is 13.7. The minimum absolute atomic E-state index is 0.0277. The van der Waals surface area contributed by atoms with Crippen molar-refractivity contribution >= 4 is 73.9 Å². The molecule has 0 aliphatic heterocycles. The van der Waals surface area contributed by atoms with Crippen molar-refractivity contribution in [2.24, 2.45) is 0 Å². The first-order valence-electron chi connectivity index (χ1n) is 11.8. The van der Waals surface area contributed by atoms with E-state index in [1.807, 2.05) is 0 Å². The van der Waals surface area contributed by atoms with Crippen LogP contribution in [-0.2, 0) is 26.2 Å². The molecule has 1 unspecified atom stereocenters. The predicted molar refractivity (Wildman–Crippen MR) is 150 cm³/mol. The van der Waals surface area contributed by atoms with Gasteiger partial charge in [-0.15, -0.1) is 0 Å². The molecule has 0 radical (unpaired) electrons. The van der Waals surface area contributed by atoms with E-state index in [-0.39, 0.29) is 29.2 Å². The average Bonchev–Trinajstić information content (AvgIpc) is 2.82. The number of rotatable bonds is 9. The van der Waals surface area contributed by atoms with Gasteiger partial charge >= 0.3 is 0 Å². The van der Waals surface area contributed by atoms with Crippen molar-refractivity contribution in [3.8, 4) is 0 Å². The fourth-order valence-corrected chi connectivity index (χ4v) is 6.15. The van der Waals surface area contributed by atoms with Gasteiger partial charge in [-0.25, -0.2) is 8.42 Å². The average molecular weight is 609 g/mol. The highest BCUT2D eigenvalue weighted by atomic mass is 35.5. The summed E-state index contributed by atoms with van der Waals surface area (Å²) in [7, 11) is -3.92. The Hall–Kier alpha value is -1.71. The zero-order chi connectivity index (χ0) is 27.3. The first-order chi connectivity index (χ1) is 17.4. The summed E-state index contributed by atoms with van der Waals surface area (Å²) in [6.45, 7) is 1.01. The summed E-state index contributed by atoms with van der Waals surface area (Å²) < 4.78 is 26.3. The van der Waals surface area contributed by atoms with E-state index in [2.05, 4.69) is 5.32 Å². The molecule has 1 atom stereocenters. The lowest BCUT2D eigenvalue weighted by atomic mass is 9.95. The van der Waals surface area contributed by atoms with Gasteiger partial charge in [0.1, 0.15) is 12.6 Å². The van der Waals surface area contributed by atoms with Gasteiger partial charge < -0.3 is 10.2 Å². The molecule has 1 aliphatic carbocycles. The van der Waals surface area contributed by atoms with E-state index in [0.29, 0.717) is 20.6 Å². The number of nitrogens with zero attached hydrogens (tertiary/aromatic N) is 2. The molecule has 1 aliphatic rings. The van der Waals surface area contributed by atoms with Crippen molar-refractivity contribution in [1.29, 1.82) is 0 Å². The summed E-state index contributed by atoms with van der Waals surface area (Å²) in [4.78, 5) is 28.2. The quantitative estimate of drug-likeness (QED) is 0.382. The molecule has 2 aromatic rings. The minimum Gasteiger partial charge on any atom is -0.352 e. The fraction of sp³-hybridized carbons (Fsp3) is 0.440. The Kier molecular flexibility index (Phi) is 10.4. The van der Waals surface area contributed by atoms with E-state index in [0.717, 1.165) is 42.7 Å². The van der Waals surface area contributed by atoms with Crippen LogP contribution in [0.5, 0.6) is 0 Å². The van der Waals surface area contributed by atoms with E-state index >= 15 is 0 Å². The molecular formula is C25H29Cl4N3O4S. The third-order valence-electron chi connectivity index (χ3n) is 6.33. The zero-order valence-electron chi connectivity index (χ0n) is 20.5. The van der Waals surface area contributed by atoms with E-state index in [1.54, 1.807) is 25.1 Å². The minimum atomic E-state index is -3.92. The molecule has 1 saturated carbocycles. The van der Waals surface area contributed by atoms with Crippen molar-refractivity contribution in [1.82, 2.24) is 10.2 Å². The van der Waals surface area contributed by atoms with Gasteiger partial charge in [-0.05, 0) is 55.7 Å². The number of carbonyl (C=O) groups excluding carboxylic acids is 2. The standard InChI is InChI=1S/C25H29Cl4N3O4S/c1-16(25(34)30-20-6-4-3-5-7-20)31(14-17-8-9-18(26)12-21(17)28)24(33)15-32(37(2,35)36)23-11-10-19(27)13-22(23)29/h8-13,16,20H,3-7,14-15H2,1-2H3,(H,30,34). The predicted octanol–water partition coefficient (Wildman–Crippen LogP) is 5.93. The van der Waals surface area contributed by atoms with Crippen molar-refractivity contribution in [2.45, 2.75) is 57.7 Å². The Morgan fingerprint density at radius 2 is 1.57 bits per heavy atom. The van der Waals surface area contributed by atoms with Gasteiger partial charge in [0, 0.05) is 27.7 Å². The maximum Gasteiger partial charge on any atom is 0.244 e. The topological polar surface area (TPSA) is 86.8 Å². The summed E-state index contributed by atoms with van der Waals surface area (Å²) in [6, 6.07) is 8.30. The molecule has 3 rings (SSSR count). The summed E-state index contributed by atoms with van der Waals surface area (Å²) >= 11 is 24.6. The Bertz CT molecular complexity index is 1250. The molecule has 1 fully saturated rings. The van der Waals surface area contributed by atoms with Crippen LogP contribution in [0.4, 0.5) is 5.69 Å². The van der Waals surface area contributed by atoms with Gasteiger partial charge in [0.2, 0.25) is 21.8 Å². The molecule has 7 nitrogen and oxygen atoms in total. The van der Waals surface area contributed by atoms with Gasteiger partial charge in [-0.3, -0.25) is 13.9 Å². The summed E-state index contributed by atoms with van der Waals surface area (Å²) in [5.41, 5.74) is 0.665. The molecular weight excluding hydrogens is 580 g/mol. The highest BCUT2D eigenvalue weighted by Crippen LogP contribution is 2.31. The van der Waals surface area contributed by atoms with Gasteiger partial charge in [-0.1, -0.05) is 71.7 Å². The summed E-state index contributed by atoms with van der Waals surface area (Å²) in [6.07, 6.45) is 5.95. The van der Waals surface area contributed by atoms with E-state index in [1.165, 1.54) is 23.1 Å². The molecule has 0 heterocycles. The van der Waals surface area contributed by atoms with Gasteiger partial charge in [0.25, 0.3) is 0 Å². The fourth-order valence-electron chi connectivity index (χ4n) is 4.26. The highest BCUT2D eigenvalue weighted by molar-refractivity contribution is 7.92. The lowest BCUT2D eigenvalue weighted by Gasteiger charge is -2.33. The maximum absolute atomic E-state index is 13.7. The summed E-state index contributed by atoms with van der Waals surface area (Å²) in [5, 5.41) is 4.18. The van der Waals surface area contributed by atoms with E-state index in [9.17, 15) is 18.0 Å². The van der Waals surface area contributed by atoms with Crippen molar-refractivity contribution in [2.75, 3.05) is 17.1 Å². The molecule has 12 heteroatoms. The van der Waals surface area contributed by atoms with Crippen molar-refractivity contribution in [3.05, 3.63) is 62.1 Å². The molecule has 0 bridgehead atoms. The van der Waals surface area contributed by atoms with Crippen LogP contribution in [-0.4, -0.2) is 50.0 Å². The molecule has 0 saturated heterocycles. The van der Waals surface area contributed by atoms with Gasteiger partial charge in [0.15, 0.2) is 0 Å². The molecule has 37 heavy (non-hydrogen) atoms. The highest BCUT2D eigenvalue weighted by Gasteiger charge is 2.32. The number of halogens is 4. The van der Waals surface area contributed by atoms with Crippen molar-refractivity contribution < 1.29 is 18.0 Å². The van der Waals surface area contributed by atoms with Crippen LogP contribution in [0.1, 0.15) is 44.6 Å². The number of amides is 2. The second-order valence-corrected chi connectivity index (χ2v) is 12.7. The molecule has 0 spiro atoms. The third-order valence-corrected chi connectivity index (χ3v) is 8.58. The third kappa shape index (κ3) is 8.14. The van der Waals surface area contributed by atoms with Crippen LogP contribution in [0.15, 0.2) is 36.4 Å². The van der Waals surface area contributed by atoms with Crippen LogP contribution in [0.2, 0.25) is 20.1 Å². The number of carbonyl (C=O) groups is 2. The summed E-state index contributed by atoms with van der Waals surface area (Å²) in [5.74, 6) is -0.922. The lowest BCUT2D eigenvalue weighted by Crippen LogP contribution is -2.53. The normalized spacial score (nSPS) is 15.2.